The van der Waals surface area contributed by atoms with Gasteiger partial charge in [0.1, 0.15) is 0 Å². The quantitative estimate of drug-likeness (QED) is 0.769. The molecule has 0 spiro atoms. The lowest BCUT2D eigenvalue weighted by atomic mass is 9.72. The molecule has 1 saturated carbocycles. The number of carboxylic acid groups (broad SMARTS) is 1. The summed E-state index contributed by atoms with van der Waals surface area (Å²) in [7, 11) is 0. The third kappa shape index (κ3) is 2.05. The van der Waals surface area contributed by atoms with E-state index < -0.39 is 11.6 Å². The summed E-state index contributed by atoms with van der Waals surface area (Å²) < 4.78 is 0. The van der Waals surface area contributed by atoms with Gasteiger partial charge in [0, 0.05) is 5.92 Å². The number of carbonyl (C=O) groups is 1. The van der Waals surface area contributed by atoms with Gasteiger partial charge in [-0.05, 0) is 18.8 Å². The van der Waals surface area contributed by atoms with E-state index >= 15 is 0 Å². The topological polar surface area (TPSA) is 57.5 Å². The molecule has 2 N–H and O–H groups in total. The Morgan fingerprint density at radius 1 is 1.31 bits per heavy atom. The molecule has 0 bridgehead atoms. The molecule has 2 atom stereocenters. The molecule has 2 aliphatic rings. The third-order valence-corrected chi connectivity index (χ3v) is 3.82. The van der Waals surface area contributed by atoms with Crippen molar-refractivity contribution in [2.45, 2.75) is 37.7 Å². The van der Waals surface area contributed by atoms with Crippen LogP contribution < -0.4 is 0 Å². The average molecular weight is 222 g/mol. The van der Waals surface area contributed by atoms with Crippen LogP contribution >= 0.6 is 0 Å². The van der Waals surface area contributed by atoms with E-state index in [1.54, 1.807) is 6.08 Å². The Morgan fingerprint density at radius 2 is 2.00 bits per heavy atom. The number of allylic oxidation sites excluding steroid dienone is 2. The predicted octanol–water partition coefficient (Wildman–Crippen LogP) is 2.12. The molecule has 0 aromatic heterocycles. The fraction of sp³-hybridized carbons (Fsp3) is 0.615. The van der Waals surface area contributed by atoms with Crippen molar-refractivity contribution in [1.29, 1.82) is 0 Å². The number of hydrogen-bond acceptors (Lipinski definition) is 2. The second-order valence-electron chi connectivity index (χ2n) is 4.82. The summed E-state index contributed by atoms with van der Waals surface area (Å²) in [6.07, 6.45) is 11.6. The molecule has 0 radical (unpaired) electrons. The Labute approximate surface area is 95.5 Å². The highest BCUT2D eigenvalue weighted by Crippen LogP contribution is 2.42. The molecule has 3 nitrogen and oxygen atoms in total. The van der Waals surface area contributed by atoms with Crippen LogP contribution in [0.2, 0.25) is 0 Å². The first-order valence-electron chi connectivity index (χ1n) is 5.93. The van der Waals surface area contributed by atoms with Gasteiger partial charge >= 0.3 is 5.97 Å². The Balaban J connectivity index is 2.17. The fourth-order valence-corrected chi connectivity index (χ4v) is 2.93. The highest BCUT2D eigenvalue weighted by atomic mass is 16.4. The standard InChI is InChI=1S/C13H18O3/c14-12(15)9-11-7-3-4-8-13(11,16)10-5-1-2-6-10/h3-4,7-8,10-11,16H,1-2,5-6,9H2,(H,14,15). The summed E-state index contributed by atoms with van der Waals surface area (Å²) in [5.74, 6) is -0.905. The molecule has 0 saturated heterocycles. The van der Waals surface area contributed by atoms with Gasteiger partial charge in [0.25, 0.3) is 0 Å². The van der Waals surface area contributed by atoms with E-state index in [-0.39, 0.29) is 18.3 Å². The van der Waals surface area contributed by atoms with Gasteiger partial charge in [-0.15, -0.1) is 0 Å². The van der Waals surface area contributed by atoms with Crippen LogP contribution in [0.4, 0.5) is 0 Å². The van der Waals surface area contributed by atoms with Crippen molar-refractivity contribution in [3.8, 4) is 0 Å². The number of aliphatic carboxylic acids is 1. The monoisotopic (exact) mass is 222 g/mol. The van der Waals surface area contributed by atoms with E-state index in [2.05, 4.69) is 0 Å². The molecular formula is C13H18O3. The third-order valence-electron chi connectivity index (χ3n) is 3.82. The van der Waals surface area contributed by atoms with E-state index in [9.17, 15) is 9.90 Å². The zero-order valence-corrected chi connectivity index (χ0v) is 9.30. The number of hydrogen-bond donors (Lipinski definition) is 2. The van der Waals surface area contributed by atoms with Crippen LogP contribution in [0, 0.1) is 11.8 Å². The minimum Gasteiger partial charge on any atom is -0.481 e. The van der Waals surface area contributed by atoms with Gasteiger partial charge < -0.3 is 10.2 Å². The maximum absolute atomic E-state index is 10.8. The van der Waals surface area contributed by atoms with Crippen molar-refractivity contribution in [2.24, 2.45) is 11.8 Å². The van der Waals surface area contributed by atoms with Gasteiger partial charge in [-0.25, -0.2) is 0 Å². The highest BCUT2D eigenvalue weighted by molar-refractivity contribution is 5.67. The molecule has 2 rings (SSSR count). The molecule has 0 heterocycles. The van der Waals surface area contributed by atoms with E-state index in [4.69, 9.17) is 5.11 Å². The van der Waals surface area contributed by atoms with Crippen molar-refractivity contribution in [3.05, 3.63) is 24.3 Å². The first-order chi connectivity index (χ1) is 7.63. The lowest BCUT2D eigenvalue weighted by Crippen LogP contribution is -2.43. The van der Waals surface area contributed by atoms with E-state index in [1.165, 1.54) is 0 Å². The van der Waals surface area contributed by atoms with Gasteiger partial charge in [-0.2, -0.15) is 0 Å². The molecule has 2 aliphatic carbocycles. The Bertz CT molecular complexity index is 326. The van der Waals surface area contributed by atoms with Gasteiger partial charge in [0.15, 0.2) is 0 Å². The number of rotatable bonds is 3. The normalized spacial score (nSPS) is 34.4. The van der Waals surface area contributed by atoms with Crippen LogP contribution in [-0.2, 0) is 4.79 Å². The minimum absolute atomic E-state index is 0.00778. The molecular weight excluding hydrogens is 204 g/mol. The van der Waals surface area contributed by atoms with Crippen molar-refractivity contribution < 1.29 is 15.0 Å². The van der Waals surface area contributed by atoms with E-state index in [0.717, 1.165) is 25.7 Å². The molecule has 0 aliphatic heterocycles. The summed E-state index contributed by atoms with van der Waals surface area (Å²) in [6.45, 7) is 0. The largest absolute Gasteiger partial charge is 0.481 e. The van der Waals surface area contributed by atoms with Crippen molar-refractivity contribution in [1.82, 2.24) is 0 Å². The van der Waals surface area contributed by atoms with Crippen molar-refractivity contribution in [2.75, 3.05) is 0 Å². The van der Waals surface area contributed by atoms with Gasteiger partial charge in [-0.1, -0.05) is 37.1 Å². The van der Waals surface area contributed by atoms with Crippen LogP contribution in [0.3, 0.4) is 0 Å². The number of carboxylic acids is 1. The number of aliphatic hydroxyl groups is 1. The molecule has 16 heavy (non-hydrogen) atoms. The van der Waals surface area contributed by atoms with Gasteiger partial charge in [-0.3, -0.25) is 4.79 Å². The molecule has 1 fully saturated rings. The summed E-state index contributed by atoms with van der Waals surface area (Å²) in [4.78, 5) is 10.8. The van der Waals surface area contributed by atoms with E-state index in [0.29, 0.717) is 0 Å². The van der Waals surface area contributed by atoms with Crippen LogP contribution in [0.1, 0.15) is 32.1 Å². The summed E-state index contributed by atoms with van der Waals surface area (Å²) in [5.41, 5.74) is -0.941. The lowest BCUT2D eigenvalue weighted by Gasteiger charge is -2.38. The molecule has 0 aromatic carbocycles. The second kappa shape index (κ2) is 4.42. The molecule has 3 heteroatoms. The van der Waals surface area contributed by atoms with Gasteiger partial charge in [0.2, 0.25) is 0 Å². The van der Waals surface area contributed by atoms with Crippen molar-refractivity contribution >= 4 is 5.97 Å². The highest BCUT2D eigenvalue weighted by Gasteiger charge is 2.43. The van der Waals surface area contributed by atoms with E-state index in [1.807, 2.05) is 18.2 Å². The van der Waals surface area contributed by atoms with Crippen molar-refractivity contribution in [3.63, 3.8) is 0 Å². The molecule has 2 unspecified atom stereocenters. The maximum Gasteiger partial charge on any atom is 0.304 e. The van der Waals surface area contributed by atoms with Gasteiger partial charge in [0.05, 0.1) is 12.0 Å². The Kier molecular flexibility index (Phi) is 3.15. The summed E-state index contributed by atoms with van der Waals surface area (Å²) >= 11 is 0. The smallest absolute Gasteiger partial charge is 0.304 e. The second-order valence-corrected chi connectivity index (χ2v) is 4.82. The average Bonchev–Trinajstić information content (AvgIpc) is 2.74. The molecule has 0 aromatic rings. The summed E-state index contributed by atoms with van der Waals surface area (Å²) in [6, 6.07) is 0. The van der Waals surface area contributed by atoms with Crippen LogP contribution in [0.15, 0.2) is 24.3 Å². The predicted molar refractivity (Wildman–Crippen MR) is 60.9 cm³/mol. The SMILES string of the molecule is O=C(O)CC1C=CC=CC1(O)C1CCCC1. The first kappa shape index (κ1) is 11.4. The first-order valence-corrected chi connectivity index (χ1v) is 5.93. The van der Waals surface area contributed by atoms with Crippen LogP contribution in [0.5, 0.6) is 0 Å². The molecule has 88 valence electrons. The van der Waals surface area contributed by atoms with Crippen LogP contribution in [-0.4, -0.2) is 21.8 Å². The molecule has 0 amide bonds. The summed E-state index contributed by atoms with van der Waals surface area (Å²) in [5, 5.41) is 19.5. The lowest BCUT2D eigenvalue weighted by molar-refractivity contribution is -0.140. The Hall–Kier alpha value is -1.09. The zero-order valence-electron chi connectivity index (χ0n) is 9.30. The maximum atomic E-state index is 10.8. The van der Waals surface area contributed by atoms with Crippen LogP contribution in [0.25, 0.3) is 0 Å². The minimum atomic E-state index is -0.941. The Morgan fingerprint density at radius 3 is 2.62 bits per heavy atom. The zero-order chi connectivity index (χ0) is 11.6. The fourth-order valence-electron chi connectivity index (χ4n) is 2.93.